The van der Waals surface area contributed by atoms with Gasteiger partial charge in [-0.3, -0.25) is 4.79 Å². The lowest BCUT2D eigenvalue weighted by Crippen LogP contribution is -2.06. The Labute approximate surface area is 94.3 Å². The van der Waals surface area contributed by atoms with Crippen molar-refractivity contribution in [1.29, 1.82) is 0 Å². The first-order chi connectivity index (χ1) is 7.65. The summed E-state index contributed by atoms with van der Waals surface area (Å²) in [5, 5.41) is 0.843. The average Bonchev–Trinajstić information content (AvgIpc) is 2.97. The number of H-pyrrole nitrogens is 1. The molecule has 1 aliphatic carbocycles. The van der Waals surface area contributed by atoms with Crippen molar-refractivity contribution in [3.63, 3.8) is 0 Å². The number of aromatic amines is 1. The zero-order valence-corrected chi connectivity index (χ0v) is 9.63. The molecule has 1 saturated carbocycles. The van der Waals surface area contributed by atoms with Gasteiger partial charge in [0, 0.05) is 22.7 Å². The van der Waals surface area contributed by atoms with Gasteiger partial charge in [0.25, 0.3) is 0 Å². The van der Waals surface area contributed by atoms with Gasteiger partial charge in [0.15, 0.2) is 5.43 Å². The van der Waals surface area contributed by atoms with Crippen LogP contribution in [-0.2, 0) is 0 Å². The Morgan fingerprint density at radius 1 is 1.19 bits per heavy atom. The van der Waals surface area contributed by atoms with E-state index in [0.29, 0.717) is 5.92 Å². The molecular weight excluding hydrogens is 198 g/mol. The first kappa shape index (κ1) is 9.64. The van der Waals surface area contributed by atoms with Gasteiger partial charge >= 0.3 is 0 Å². The number of aryl methyl sites for hydroxylation is 2. The maximum Gasteiger partial charge on any atom is 0.189 e. The van der Waals surface area contributed by atoms with Crippen LogP contribution in [-0.4, -0.2) is 4.98 Å². The van der Waals surface area contributed by atoms with E-state index in [2.05, 4.69) is 24.0 Å². The van der Waals surface area contributed by atoms with Gasteiger partial charge in [-0.15, -0.1) is 0 Å². The molecule has 0 amide bonds. The standard InChI is InChI=1S/C14H15NO/c1-8-5-9(2)14-12(6-8)15-11(7-13(14)16)10-3-4-10/h5-7,10H,3-4H2,1-2H3,(H,15,16). The smallest absolute Gasteiger partial charge is 0.189 e. The molecule has 1 aromatic heterocycles. The molecule has 0 atom stereocenters. The second kappa shape index (κ2) is 3.21. The molecule has 2 nitrogen and oxygen atoms in total. The normalized spacial score (nSPS) is 15.6. The van der Waals surface area contributed by atoms with Crippen LogP contribution in [0.25, 0.3) is 10.9 Å². The van der Waals surface area contributed by atoms with E-state index in [4.69, 9.17) is 0 Å². The molecule has 0 unspecified atom stereocenters. The van der Waals surface area contributed by atoms with Crippen molar-refractivity contribution < 1.29 is 0 Å². The van der Waals surface area contributed by atoms with E-state index in [1.54, 1.807) is 6.07 Å². The van der Waals surface area contributed by atoms with Crippen molar-refractivity contribution in [1.82, 2.24) is 4.98 Å². The fraction of sp³-hybridized carbons (Fsp3) is 0.357. The molecule has 1 aromatic carbocycles. The van der Waals surface area contributed by atoms with Gasteiger partial charge in [-0.2, -0.15) is 0 Å². The van der Waals surface area contributed by atoms with Crippen LogP contribution in [0.3, 0.4) is 0 Å². The van der Waals surface area contributed by atoms with Gasteiger partial charge in [-0.1, -0.05) is 6.07 Å². The minimum absolute atomic E-state index is 0.160. The molecule has 0 bridgehead atoms. The zero-order valence-electron chi connectivity index (χ0n) is 9.63. The van der Waals surface area contributed by atoms with Crippen LogP contribution in [0.15, 0.2) is 23.0 Å². The molecule has 3 rings (SSSR count). The van der Waals surface area contributed by atoms with Gasteiger partial charge in [0.2, 0.25) is 0 Å². The Morgan fingerprint density at radius 2 is 1.94 bits per heavy atom. The van der Waals surface area contributed by atoms with Crippen LogP contribution < -0.4 is 5.43 Å². The number of hydrogen-bond acceptors (Lipinski definition) is 1. The van der Waals surface area contributed by atoms with Crippen LogP contribution in [0, 0.1) is 13.8 Å². The highest BCUT2D eigenvalue weighted by molar-refractivity contribution is 5.82. The molecule has 2 heteroatoms. The first-order valence-electron chi connectivity index (χ1n) is 5.79. The van der Waals surface area contributed by atoms with Crippen LogP contribution in [0.5, 0.6) is 0 Å². The maximum atomic E-state index is 12.0. The molecule has 2 aromatic rings. The summed E-state index contributed by atoms with van der Waals surface area (Å²) >= 11 is 0. The lowest BCUT2D eigenvalue weighted by molar-refractivity contribution is 1.04. The molecule has 0 radical (unpaired) electrons. The van der Waals surface area contributed by atoms with E-state index in [9.17, 15) is 4.79 Å². The van der Waals surface area contributed by atoms with Crippen molar-refractivity contribution in [3.05, 3.63) is 45.2 Å². The summed E-state index contributed by atoms with van der Waals surface area (Å²) in [5.74, 6) is 0.595. The lowest BCUT2D eigenvalue weighted by Gasteiger charge is -2.06. The number of hydrogen-bond donors (Lipinski definition) is 1. The van der Waals surface area contributed by atoms with E-state index in [1.165, 1.54) is 18.4 Å². The predicted molar refractivity (Wildman–Crippen MR) is 66.0 cm³/mol. The minimum Gasteiger partial charge on any atom is -0.358 e. The van der Waals surface area contributed by atoms with Crippen LogP contribution in [0.1, 0.15) is 35.6 Å². The summed E-state index contributed by atoms with van der Waals surface area (Å²) in [7, 11) is 0. The van der Waals surface area contributed by atoms with Gasteiger partial charge in [-0.25, -0.2) is 0 Å². The molecule has 1 aliphatic rings. The first-order valence-corrected chi connectivity index (χ1v) is 5.79. The topological polar surface area (TPSA) is 32.9 Å². The van der Waals surface area contributed by atoms with E-state index >= 15 is 0 Å². The monoisotopic (exact) mass is 213 g/mol. The number of benzene rings is 1. The Morgan fingerprint density at radius 3 is 2.62 bits per heavy atom. The second-order valence-corrected chi connectivity index (χ2v) is 4.87. The molecular formula is C14H15NO. The number of aromatic nitrogens is 1. The molecule has 1 N–H and O–H groups in total. The second-order valence-electron chi connectivity index (χ2n) is 4.87. The van der Waals surface area contributed by atoms with E-state index in [-0.39, 0.29) is 5.43 Å². The van der Waals surface area contributed by atoms with Crippen LogP contribution >= 0.6 is 0 Å². The van der Waals surface area contributed by atoms with E-state index in [1.807, 2.05) is 6.92 Å². The van der Waals surface area contributed by atoms with Crippen LogP contribution in [0.2, 0.25) is 0 Å². The third kappa shape index (κ3) is 1.45. The Balaban J connectivity index is 2.37. The summed E-state index contributed by atoms with van der Waals surface area (Å²) in [6.07, 6.45) is 2.43. The fourth-order valence-electron chi connectivity index (χ4n) is 2.41. The largest absolute Gasteiger partial charge is 0.358 e. The Bertz CT molecular complexity index is 620. The minimum atomic E-state index is 0.160. The maximum absolute atomic E-state index is 12.0. The predicted octanol–water partition coefficient (Wildman–Crippen LogP) is 3.02. The van der Waals surface area contributed by atoms with Crippen molar-refractivity contribution >= 4 is 10.9 Å². The number of rotatable bonds is 1. The van der Waals surface area contributed by atoms with Crippen molar-refractivity contribution in [2.45, 2.75) is 32.6 Å². The Hall–Kier alpha value is -1.57. The highest BCUT2D eigenvalue weighted by atomic mass is 16.1. The molecule has 82 valence electrons. The molecule has 1 fully saturated rings. The molecule has 0 aliphatic heterocycles. The third-order valence-corrected chi connectivity index (χ3v) is 3.31. The van der Waals surface area contributed by atoms with Crippen molar-refractivity contribution in [3.8, 4) is 0 Å². The average molecular weight is 213 g/mol. The number of nitrogens with one attached hydrogen (secondary N) is 1. The van der Waals surface area contributed by atoms with Gasteiger partial charge < -0.3 is 4.98 Å². The molecule has 1 heterocycles. The van der Waals surface area contributed by atoms with Gasteiger partial charge in [0.05, 0.1) is 0 Å². The van der Waals surface area contributed by atoms with Crippen molar-refractivity contribution in [2.24, 2.45) is 0 Å². The zero-order chi connectivity index (χ0) is 11.3. The summed E-state index contributed by atoms with van der Waals surface area (Å²) in [6.45, 7) is 4.07. The SMILES string of the molecule is Cc1cc(C)c2c(=O)cc(C3CC3)[nH]c2c1. The lowest BCUT2D eigenvalue weighted by atomic mass is 10.0. The molecule has 16 heavy (non-hydrogen) atoms. The summed E-state index contributed by atoms with van der Waals surface area (Å²) in [4.78, 5) is 15.5. The third-order valence-electron chi connectivity index (χ3n) is 3.31. The highest BCUT2D eigenvalue weighted by Gasteiger charge is 2.25. The van der Waals surface area contributed by atoms with E-state index < -0.39 is 0 Å². The summed E-state index contributed by atoms with van der Waals surface area (Å²) < 4.78 is 0. The Kier molecular flexibility index (Phi) is 1.93. The molecule has 0 spiro atoms. The van der Waals surface area contributed by atoms with Gasteiger partial charge in [-0.05, 0) is 49.8 Å². The summed E-state index contributed by atoms with van der Waals surface area (Å²) in [5.41, 5.74) is 4.54. The highest BCUT2D eigenvalue weighted by Crippen LogP contribution is 2.38. The fourth-order valence-corrected chi connectivity index (χ4v) is 2.41. The molecule has 0 saturated heterocycles. The van der Waals surface area contributed by atoms with E-state index in [0.717, 1.165) is 22.2 Å². The van der Waals surface area contributed by atoms with Gasteiger partial charge in [0.1, 0.15) is 0 Å². The number of fused-ring (bicyclic) bond motifs is 1. The number of pyridine rings is 1. The van der Waals surface area contributed by atoms with Crippen molar-refractivity contribution in [2.75, 3.05) is 0 Å². The summed E-state index contributed by atoms with van der Waals surface area (Å²) in [6, 6.07) is 5.91. The quantitative estimate of drug-likeness (QED) is 0.776. The van der Waals surface area contributed by atoms with Crippen LogP contribution in [0.4, 0.5) is 0 Å².